The largest absolute Gasteiger partial charge is 0.454 e. The molecule has 1 aliphatic carbocycles. The summed E-state index contributed by atoms with van der Waals surface area (Å²) in [6.45, 7) is 5.66. The summed E-state index contributed by atoms with van der Waals surface area (Å²) in [4.78, 5) is 0. The van der Waals surface area contributed by atoms with Crippen LogP contribution in [-0.4, -0.2) is 58.0 Å². The summed E-state index contributed by atoms with van der Waals surface area (Å²) in [5.41, 5.74) is 0. The van der Waals surface area contributed by atoms with Crippen molar-refractivity contribution >= 4 is 21.4 Å². The molecule has 6 nitrogen and oxygen atoms in total. The maximum atomic E-state index is 5.89. The average Bonchev–Trinajstić information content (AvgIpc) is 2.80. The quantitative estimate of drug-likeness (QED) is 0.552. The van der Waals surface area contributed by atoms with Crippen LogP contribution in [0.5, 0.6) is 0 Å². The van der Waals surface area contributed by atoms with Gasteiger partial charge in [-0.2, -0.15) is 0 Å². The SMILES string of the molecule is CB1OC2[C@H]3OB(C)O[C@H]3C(O1)[C@@H]1OB(C)O[C@H]21. The molecule has 0 amide bonds. The van der Waals surface area contributed by atoms with Crippen LogP contribution < -0.4 is 0 Å². The van der Waals surface area contributed by atoms with Gasteiger partial charge < -0.3 is 27.9 Å². The van der Waals surface area contributed by atoms with E-state index in [4.69, 9.17) is 27.9 Å². The Morgan fingerprint density at radius 2 is 0.611 bits per heavy atom. The summed E-state index contributed by atoms with van der Waals surface area (Å²) in [5, 5.41) is 0. The molecule has 1 saturated carbocycles. The Morgan fingerprint density at radius 3 is 0.778 bits per heavy atom. The lowest BCUT2D eigenvalue weighted by atomic mass is 9.85. The van der Waals surface area contributed by atoms with Gasteiger partial charge >= 0.3 is 21.4 Å². The molecule has 2 bridgehead atoms. The highest BCUT2D eigenvalue weighted by molar-refractivity contribution is 6.45. The van der Waals surface area contributed by atoms with Gasteiger partial charge in [-0.05, 0) is 20.5 Å². The molecule has 0 radical (unpaired) electrons. The second kappa shape index (κ2) is 3.97. The van der Waals surface area contributed by atoms with Gasteiger partial charge in [0.2, 0.25) is 0 Å². The number of hydrogen-bond donors (Lipinski definition) is 0. The fraction of sp³-hybridized carbons (Fsp3) is 1.00. The molecular formula is C9H15B3O6. The predicted octanol–water partition coefficient (Wildman–Crippen LogP) is -0.294. The Kier molecular flexibility index (Phi) is 2.60. The topological polar surface area (TPSA) is 55.4 Å². The molecular weight excluding hydrogens is 237 g/mol. The maximum Gasteiger partial charge on any atom is 0.454 e. The smallest absolute Gasteiger partial charge is 0.403 e. The van der Waals surface area contributed by atoms with Crippen LogP contribution in [0.1, 0.15) is 0 Å². The molecule has 96 valence electrons. The number of rotatable bonds is 0. The van der Waals surface area contributed by atoms with Gasteiger partial charge in [0.1, 0.15) is 0 Å². The third-order valence-corrected chi connectivity index (χ3v) is 4.04. The van der Waals surface area contributed by atoms with E-state index in [0.717, 1.165) is 0 Å². The second-order valence-corrected chi connectivity index (χ2v) is 5.31. The van der Waals surface area contributed by atoms with Gasteiger partial charge in [-0.15, -0.1) is 0 Å². The molecule has 0 aromatic carbocycles. The first kappa shape index (κ1) is 11.8. The molecule has 9 heteroatoms. The minimum absolute atomic E-state index is 0.134. The molecule has 0 aromatic heterocycles. The summed E-state index contributed by atoms with van der Waals surface area (Å²) in [6.07, 6.45) is -0.919. The Hall–Kier alpha value is -0.0452. The maximum absolute atomic E-state index is 5.89. The van der Waals surface area contributed by atoms with Crippen LogP contribution in [0.25, 0.3) is 0 Å². The average molecular weight is 252 g/mol. The van der Waals surface area contributed by atoms with Gasteiger partial charge in [0.25, 0.3) is 0 Å². The first-order valence-electron chi connectivity index (χ1n) is 6.56. The van der Waals surface area contributed by atoms with Gasteiger partial charge in [0, 0.05) is 0 Å². The van der Waals surface area contributed by atoms with Gasteiger partial charge in [-0.1, -0.05) is 0 Å². The van der Waals surface area contributed by atoms with Gasteiger partial charge in [0.15, 0.2) is 0 Å². The number of hydrogen-bond acceptors (Lipinski definition) is 6. The zero-order chi connectivity index (χ0) is 12.4. The highest BCUT2D eigenvalue weighted by Crippen LogP contribution is 2.42. The van der Waals surface area contributed by atoms with Crippen molar-refractivity contribution in [3.63, 3.8) is 0 Å². The Balaban J connectivity index is 1.71. The minimum atomic E-state index is -0.291. The van der Waals surface area contributed by atoms with Crippen LogP contribution in [0, 0.1) is 0 Å². The monoisotopic (exact) mass is 252 g/mol. The molecule has 5 aliphatic rings. The van der Waals surface area contributed by atoms with Gasteiger partial charge in [-0.25, -0.2) is 0 Å². The first-order valence-corrected chi connectivity index (χ1v) is 6.56. The highest BCUT2D eigenvalue weighted by Gasteiger charge is 2.63. The van der Waals surface area contributed by atoms with E-state index in [-0.39, 0.29) is 58.0 Å². The lowest BCUT2D eigenvalue weighted by molar-refractivity contribution is -0.106. The van der Waals surface area contributed by atoms with E-state index >= 15 is 0 Å². The van der Waals surface area contributed by atoms with Crippen molar-refractivity contribution < 1.29 is 27.9 Å². The molecule has 0 unspecified atom stereocenters. The van der Waals surface area contributed by atoms with Crippen molar-refractivity contribution in [2.24, 2.45) is 0 Å². The van der Waals surface area contributed by atoms with Crippen molar-refractivity contribution in [3.8, 4) is 0 Å². The van der Waals surface area contributed by atoms with Crippen molar-refractivity contribution in [2.45, 2.75) is 57.1 Å². The van der Waals surface area contributed by atoms with Crippen molar-refractivity contribution in [1.82, 2.24) is 0 Å². The van der Waals surface area contributed by atoms with E-state index in [0.29, 0.717) is 0 Å². The van der Waals surface area contributed by atoms with E-state index in [1.54, 1.807) is 0 Å². The lowest BCUT2D eigenvalue weighted by Gasteiger charge is -2.40. The molecule has 5 rings (SSSR count). The summed E-state index contributed by atoms with van der Waals surface area (Å²) in [6, 6.07) is 0. The number of fused-ring (bicyclic) bond motifs is 2. The predicted molar refractivity (Wildman–Crippen MR) is 64.1 cm³/mol. The molecule has 0 N–H and O–H groups in total. The van der Waals surface area contributed by atoms with E-state index < -0.39 is 0 Å². The van der Waals surface area contributed by atoms with Crippen LogP contribution in [-0.2, 0) is 27.9 Å². The van der Waals surface area contributed by atoms with Crippen LogP contribution >= 0.6 is 0 Å². The van der Waals surface area contributed by atoms with Crippen molar-refractivity contribution in [3.05, 3.63) is 0 Å². The minimum Gasteiger partial charge on any atom is -0.403 e. The fourth-order valence-corrected chi connectivity index (χ4v) is 3.47. The van der Waals surface area contributed by atoms with Gasteiger partial charge in [-0.3, -0.25) is 0 Å². The first-order chi connectivity index (χ1) is 8.63. The Labute approximate surface area is 107 Å². The third kappa shape index (κ3) is 1.55. The zero-order valence-electron chi connectivity index (χ0n) is 10.6. The summed E-state index contributed by atoms with van der Waals surface area (Å²) in [7, 11) is -0.759. The van der Waals surface area contributed by atoms with E-state index in [2.05, 4.69) is 0 Å². The molecule has 4 aliphatic heterocycles. The molecule has 4 heterocycles. The molecule has 4 saturated heterocycles. The zero-order valence-corrected chi connectivity index (χ0v) is 10.6. The second-order valence-electron chi connectivity index (χ2n) is 5.31. The van der Waals surface area contributed by atoms with E-state index in [1.807, 2.05) is 20.5 Å². The molecule has 18 heavy (non-hydrogen) atoms. The van der Waals surface area contributed by atoms with E-state index in [1.165, 1.54) is 0 Å². The molecule has 0 spiro atoms. The Bertz CT molecular complexity index is 303. The van der Waals surface area contributed by atoms with Gasteiger partial charge in [0.05, 0.1) is 36.6 Å². The summed E-state index contributed by atoms with van der Waals surface area (Å²) >= 11 is 0. The standard InChI is InChI=1S/C9H15B3O6/c1-10-13-4-5(14-10)9-7-6(15-11(2)16-7)8(4)17-12(3)18-9/h4-9H,1-3H3/t4-,5+,6-,7+,8?,9?. The van der Waals surface area contributed by atoms with Crippen LogP contribution in [0.15, 0.2) is 0 Å². The lowest BCUT2D eigenvalue weighted by Crippen LogP contribution is -2.60. The normalized spacial score (nSPS) is 50.5. The highest BCUT2D eigenvalue weighted by atomic mass is 16.7. The third-order valence-electron chi connectivity index (χ3n) is 4.04. The van der Waals surface area contributed by atoms with Crippen LogP contribution in [0.3, 0.4) is 0 Å². The molecule has 0 aromatic rings. The fourth-order valence-electron chi connectivity index (χ4n) is 3.47. The molecule has 5 fully saturated rings. The Morgan fingerprint density at radius 1 is 0.444 bits per heavy atom. The van der Waals surface area contributed by atoms with Crippen LogP contribution in [0.2, 0.25) is 20.5 Å². The van der Waals surface area contributed by atoms with Crippen LogP contribution in [0.4, 0.5) is 0 Å². The summed E-state index contributed by atoms with van der Waals surface area (Å²) in [5.74, 6) is 0. The summed E-state index contributed by atoms with van der Waals surface area (Å²) < 4.78 is 35.0. The molecule has 0 atom stereocenters. The van der Waals surface area contributed by atoms with Crippen molar-refractivity contribution in [1.29, 1.82) is 0 Å². The van der Waals surface area contributed by atoms with E-state index in [9.17, 15) is 0 Å². The van der Waals surface area contributed by atoms with Crippen molar-refractivity contribution in [2.75, 3.05) is 0 Å².